The molecule has 2 aliphatic heterocycles. The molecule has 5 nitrogen and oxygen atoms in total. The number of hydrogen-bond acceptors (Lipinski definition) is 3. The Kier molecular flexibility index (Phi) is 4.68. The van der Waals surface area contributed by atoms with Gasteiger partial charge in [0.25, 0.3) is 0 Å². The first-order chi connectivity index (χ1) is 14.5. The molecule has 6 heteroatoms. The quantitative estimate of drug-likeness (QED) is 0.689. The highest BCUT2D eigenvalue weighted by molar-refractivity contribution is 7.89. The van der Waals surface area contributed by atoms with E-state index < -0.39 is 16.1 Å². The lowest BCUT2D eigenvalue weighted by Crippen LogP contribution is -2.33. The highest BCUT2D eigenvalue weighted by Gasteiger charge is 2.33. The number of aryl methyl sites for hydroxylation is 1. The van der Waals surface area contributed by atoms with Crippen molar-refractivity contribution in [2.75, 3.05) is 11.4 Å². The van der Waals surface area contributed by atoms with Crippen molar-refractivity contribution in [1.82, 2.24) is 4.72 Å². The van der Waals surface area contributed by atoms with E-state index in [1.807, 2.05) is 60.7 Å². The third-order valence-electron chi connectivity index (χ3n) is 5.87. The van der Waals surface area contributed by atoms with Crippen molar-refractivity contribution in [3.05, 3.63) is 95.1 Å². The highest BCUT2D eigenvalue weighted by atomic mass is 32.2. The molecule has 3 aromatic rings. The third kappa shape index (κ3) is 3.32. The van der Waals surface area contributed by atoms with Crippen molar-refractivity contribution < 1.29 is 13.2 Å². The Bertz CT molecular complexity index is 1170. The molecule has 0 fully saturated rings. The van der Waals surface area contributed by atoms with Crippen molar-refractivity contribution in [3.63, 3.8) is 0 Å². The molecule has 0 atom stereocenters. The normalized spacial score (nSPS) is 15.5. The molecular weight excluding hydrogens is 396 g/mol. The van der Waals surface area contributed by atoms with Gasteiger partial charge in [-0.05, 0) is 47.2 Å². The van der Waals surface area contributed by atoms with Gasteiger partial charge in [0.15, 0.2) is 0 Å². The first-order valence-corrected chi connectivity index (χ1v) is 11.6. The Morgan fingerprint density at radius 2 is 1.37 bits per heavy atom. The molecule has 0 bridgehead atoms. The molecule has 0 aromatic heterocycles. The number of hydrogen-bond donors (Lipinski definition) is 1. The van der Waals surface area contributed by atoms with Crippen LogP contribution >= 0.6 is 0 Å². The number of sulfonamides is 1. The Balaban J connectivity index is 1.54. The second-order valence-corrected chi connectivity index (χ2v) is 9.48. The maximum absolute atomic E-state index is 13.4. The molecule has 0 spiro atoms. The van der Waals surface area contributed by atoms with E-state index in [1.54, 1.807) is 17.0 Å². The van der Waals surface area contributed by atoms with Gasteiger partial charge < -0.3 is 4.90 Å². The van der Waals surface area contributed by atoms with Gasteiger partial charge in [-0.25, -0.2) is 8.42 Å². The molecule has 1 amide bonds. The van der Waals surface area contributed by atoms with E-state index in [-0.39, 0.29) is 10.8 Å². The lowest BCUT2D eigenvalue weighted by Gasteiger charge is -2.26. The zero-order chi connectivity index (χ0) is 20.7. The fourth-order valence-corrected chi connectivity index (χ4v) is 5.74. The third-order valence-corrected chi connectivity index (χ3v) is 7.28. The number of amides is 1. The lowest BCUT2D eigenvalue weighted by atomic mass is 10.00. The van der Waals surface area contributed by atoms with E-state index in [1.165, 1.54) is 0 Å². The molecule has 2 heterocycles. The smallest absolute Gasteiger partial charge is 0.241 e. The van der Waals surface area contributed by atoms with Crippen molar-refractivity contribution in [2.45, 2.75) is 30.2 Å². The molecule has 0 aliphatic carbocycles. The first kappa shape index (κ1) is 19.0. The minimum atomic E-state index is -3.77. The molecule has 1 N–H and O–H groups in total. The summed E-state index contributed by atoms with van der Waals surface area (Å²) in [7, 11) is -3.77. The second-order valence-electron chi connectivity index (χ2n) is 7.76. The van der Waals surface area contributed by atoms with Gasteiger partial charge in [0.05, 0.1) is 16.6 Å². The summed E-state index contributed by atoms with van der Waals surface area (Å²) in [5.41, 5.74) is 4.57. The SMILES string of the molecule is O=C1CCc2cc(S(=O)(=O)NC(c3ccccc3)c3ccccc3)cc3c2N1CC3. The molecule has 152 valence electrons. The zero-order valence-corrected chi connectivity index (χ0v) is 17.2. The largest absolute Gasteiger partial charge is 0.312 e. The summed E-state index contributed by atoms with van der Waals surface area (Å²) >= 11 is 0. The summed E-state index contributed by atoms with van der Waals surface area (Å²) in [4.78, 5) is 14.2. The Morgan fingerprint density at radius 3 is 1.97 bits per heavy atom. The van der Waals surface area contributed by atoms with Crippen molar-refractivity contribution >= 4 is 21.6 Å². The topological polar surface area (TPSA) is 66.5 Å². The summed E-state index contributed by atoms with van der Waals surface area (Å²) in [6, 6.07) is 22.1. The molecule has 5 rings (SSSR count). The van der Waals surface area contributed by atoms with Gasteiger partial charge in [0.1, 0.15) is 0 Å². The summed E-state index contributed by atoms with van der Waals surface area (Å²) < 4.78 is 29.8. The van der Waals surface area contributed by atoms with E-state index in [0.717, 1.165) is 27.9 Å². The molecule has 0 saturated heterocycles. The molecule has 0 unspecified atom stereocenters. The molecule has 3 aromatic carbocycles. The Labute approximate surface area is 176 Å². The van der Waals surface area contributed by atoms with E-state index in [2.05, 4.69) is 4.72 Å². The second kappa shape index (κ2) is 7.38. The maximum Gasteiger partial charge on any atom is 0.241 e. The fraction of sp³-hybridized carbons (Fsp3) is 0.208. The van der Waals surface area contributed by atoms with Gasteiger partial charge >= 0.3 is 0 Å². The summed E-state index contributed by atoms with van der Waals surface area (Å²) in [6.07, 6.45) is 1.71. The molecule has 0 saturated carbocycles. The van der Waals surface area contributed by atoms with Gasteiger partial charge in [-0.1, -0.05) is 60.7 Å². The van der Waals surface area contributed by atoms with Crippen LogP contribution in [0.4, 0.5) is 5.69 Å². The predicted molar refractivity (Wildman–Crippen MR) is 116 cm³/mol. The van der Waals surface area contributed by atoms with E-state index in [4.69, 9.17) is 0 Å². The number of benzene rings is 3. The first-order valence-electron chi connectivity index (χ1n) is 10.1. The number of nitrogens with one attached hydrogen (secondary N) is 1. The van der Waals surface area contributed by atoms with Crippen LogP contribution in [0, 0.1) is 0 Å². The van der Waals surface area contributed by atoms with E-state index in [0.29, 0.717) is 25.8 Å². The number of carbonyl (C=O) groups excluding carboxylic acids is 1. The number of anilines is 1. The monoisotopic (exact) mass is 418 g/mol. The predicted octanol–water partition coefficient (Wildman–Crippen LogP) is 3.59. The van der Waals surface area contributed by atoms with Crippen LogP contribution in [0.3, 0.4) is 0 Å². The van der Waals surface area contributed by atoms with Crippen LogP contribution in [0.25, 0.3) is 0 Å². The van der Waals surface area contributed by atoms with Crippen LogP contribution in [0.5, 0.6) is 0 Å². The van der Waals surface area contributed by atoms with Crippen molar-refractivity contribution in [1.29, 1.82) is 0 Å². The molecule has 0 radical (unpaired) electrons. The van der Waals surface area contributed by atoms with Crippen LogP contribution in [-0.4, -0.2) is 20.9 Å². The average molecular weight is 419 g/mol. The fourth-order valence-electron chi connectivity index (χ4n) is 4.42. The van der Waals surface area contributed by atoms with E-state index >= 15 is 0 Å². The van der Waals surface area contributed by atoms with Crippen LogP contribution in [0.1, 0.15) is 34.7 Å². The van der Waals surface area contributed by atoms with Crippen LogP contribution in [0.15, 0.2) is 77.7 Å². The van der Waals surface area contributed by atoms with Gasteiger partial charge in [0.2, 0.25) is 15.9 Å². The summed E-state index contributed by atoms with van der Waals surface area (Å²) in [5, 5.41) is 0. The van der Waals surface area contributed by atoms with Crippen LogP contribution in [0.2, 0.25) is 0 Å². The number of carbonyl (C=O) groups is 1. The van der Waals surface area contributed by atoms with Crippen molar-refractivity contribution in [2.24, 2.45) is 0 Å². The van der Waals surface area contributed by atoms with Crippen molar-refractivity contribution in [3.8, 4) is 0 Å². The van der Waals surface area contributed by atoms with E-state index in [9.17, 15) is 13.2 Å². The molecular formula is C24H22N2O3S. The maximum atomic E-state index is 13.4. The Hall–Kier alpha value is -2.96. The summed E-state index contributed by atoms with van der Waals surface area (Å²) in [6.45, 7) is 0.634. The van der Waals surface area contributed by atoms with Crippen LogP contribution in [-0.2, 0) is 27.7 Å². The zero-order valence-electron chi connectivity index (χ0n) is 16.4. The summed E-state index contributed by atoms with van der Waals surface area (Å²) in [5.74, 6) is 0.128. The van der Waals surface area contributed by atoms with Gasteiger partial charge in [0, 0.05) is 13.0 Å². The Morgan fingerprint density at radius 1 is 0.800 bits per heavy atom. The molecule has 2 aliphatic rings. The highest BCUT2D eigenvalue weighted by Crippen LogP contribution is 2.38. The van der Waals surface area contributed by atoms with Gasteiger partial charge in [-0.15, -0.1) is 0 Å². The van der Waals surface area contributed by atoms with Crippen LogP contribution < -0.4 is 9.62 Å². The number of rotatable bonds is 5. The minimum Gasteiger partial charge on any atom is -0.312 e. The van der Waals surface area contributed by atoms with Gasteiger partial charge in [-0.2, -0.15) is 4.72 Å². The van der Waals surface area contributed by atoms with Gasteiger partial charge in [-0.3, -0.25) is 4.79 Å². The average Bonchev–Trinajstić information content (AvgIpc) is 3.21. The number of nitrogens with zero attached hydrogens (tertiary/aromatic N) is 1. The standard InChI is InChI=1S/C24H22N2O3S/c27-22-12-11-19-15-21(16-20-13-14-26(22)24(19)20)30(28,29)25-23(17-7-3-1-4-8-17)18-9-5-2-6-10-18/h1-10,15-16,23,25H,11-14H2. The minimum absolute atomic E-state index is 0.128. The molecule has 30 heavy (non-hydrogen) atoms. The lowest BCUT2D eigenvalue weighted by molar-refractivity contribution is -0.118.